The summed E-state index contributed by atoms with van der Waals surface area (Å²) in [4.78, 5) is 11.3. The maximum absolute atomic E-state index is 11.3. The van der Waals surface area contributed by atoms with Crippen LogP contribution in [0.2, 0.25) is 0 Å². The zero-order chi connectivity index (χ0) is 14.8. The molecule has 0 aliphatic rings. The molecule has 1 aromatic carbocycles. The largest absolute Gasteiger partial charge is 0.494 e. The Bertz CT molecular complexity index is 391. The fraction of sp³-hybridized carbons (Fsp3) is 0.533. The Hall–Kier alpha value is -1.75. The summed E-state index contributed by atoms with van der Waals surface area (Å²) in [5.74, 6) is 1.16. The van der Waals surface area contributed by atoms with E-state index in [2.05, 4.69) is 6.92 Å². The Balaban J connectivity index is 2.29. The molecule has 112 valence electrons. The first-order valence-electron chi connectivity index (χ1n) is 6.95. The summed E-state index contributed by atoms with van der Waals surface area (Å²) in [7, 11) is 0. The highest BCUT2D eigenvalue weighted by Crippen LogP contribution is 2.17. The zero-order valence-electron chi connectivity index (χ0n) is 12.1. The fourth-order valence-corrected chi connectivity index (χ4v) is 1.52. The van der Waals surface area contributed by atoms with Crippen LogP contribution in [0.15, 0.2) is 24.3 Å². The Morgan fingerprint density at radius 3 is 2.15 bits per heavy atom. The van der Waals surface area contributed by atoms with Crippen molar-refractivity contribution in [2.24, 2.45) is 5.73 Å². The van der Waals surface area contributed by atoms with Crippen molar-refractivity contribution < 1.29 is 19.0 Å². The van der Waals surface area contributed by atoms with E-state index in [1.54, 1.807) is 6.92 Å². The maximum Gasteiger partial charge on any atom is 0.323 e. The predicted molar refractivity (Wildman–Crippen MR) is 76.9 cm³/mol. The van der Waals surface area contributed by atoms with Gasteiger partial charge in [-0.1, -0.05) is 6.92 Å². The second-order valence-corrected chi connectivity index (χ2v) is 4.32. The third-order valence-corrected chi connectivity index (χ3v) is 2.58. The van der Waals surface area contributed by atoms with E-state index >= 15 is 0 Å². The normalized spacial score (nSPS) is 11.8. The summed E-state index contributed by atoms with van der Waals surface area (Å²) in [5.41, 5.74) is 5.67. The van der Waals surface area contributed by atoms with Crippen LogP contribution in [-0.2, 0) is 9.53 Å². The van der Waals surface area contributed by atoms with Crippen molar-refractivity contribution >= 4 is 5.97 Å². The molecule has 0 radical (unpaired) electrons. The van der Waals surface area contributed by atoms with Crippen molar-refractivity contribution in [1.29, 1.82) is 0 Å². The molecule has 0 aliphatic heterocycles. The Morgan fingerprint density at radius 2 is 1.65 bits per heavy atom. The third-order valence-electron chi connectivity index (χ3n) is 2.58. The molecule has 0 amide bonds. The molecule has 1 unspecified atom stereocenters. The highest BCUT2D eigenvalue weighted by molar-refractivity contribution is 5.75. The van der Waals surface area contributed by atoms with Crippen LogP contribution in [0.5, 0.6) is 11.5 Å². The fourth-order valence-electron chi connectivity index (χ4n) is 1.52. The molecule has 0 heterocycles. The standard InChI is InChI=1S/C15H23NO4/c1-3-10-19-12-5-7-13(8-6-12)20-11-9-14(16)15(17)18-4-2/h5-8,14H,3-4,9-11,16H2,1-2H3. The summed E-state index contributed by atoms with van der Waals surface area (Å²) < 4.78 is 15.8. The SMILES string of the molecule is CCCOc1ccc(OCCC(N)C(=O)OCC)cc1. The quantitative estimate of drug-likeness (QED) is 0.702. The first kappa shape index (κ1) is 16.3. The lowest BCUT2D eigenvalue weighted by molar-refractivity contribution is -0.145. The maximum atomic E-state index is 11.3. The van der Waals surface area contributed by atoms with Gasteiger partial charge in [0.25, 0.3) is 0 Å². The van der Waals surface area contributed by atoms with E-state index in [0.717, 1.165) is 17.9 Å². The number of hydrogen-bond acceptors (Lipinski definition) is 5. The van der Waals surface area contributed by atoms with Gasteiger partial charge in [-0.3, -0.25) is 4.79 Å². The van der Waals surface area contributed by atoms with Crippen molar-refractivity contribution in [3.63, 3.8) is 0 Å². The zero-order valence-corrected chi connectivity index (χ0v) is 12.1. The molecule has 1 aromatic rings. The first-order valence-corrected chi connectivity index (χ1v) is 6.95. The molecule has 20 heavy (non-hydrogen) atoms. The molecule has 0 saturated heterocycles. The van der Waals surface area contributed by atoms with Gasteiger partial charge in [0.15, 0.2) is 0 Å². The van der Waals surface area contributed by atoms with Crippen molar-refractivity contribution in [2.45, 2.75) is 32.7 Å². The topological polar surface area (TPSA) is 70.8 Å². The minimum Gasteiger partial charge on any atom is -0.494 e. The third kappa shape index (κ3) is 5.93. The van der Waals surface area contributed by atoms with Gasteiger partial charge in [0.1, 0.15) is 17.5 Å². The second-order valence-electron chi connectivity index (χ2n) is 4.32. The molecule has 0 spiro atoms. The smallest absolute Gasteiger partial charge is 0.323 e. The van der Waals surface area contributed by atoms with Gasteiger partial charge < -0.3 is 19.9 Å². The lowest BCUT2D eigenvalue weighted by Crippen LogP contribution is -2.33. The number of benzene rings is 1. The number of carbonyl (C=O) groups is 1. The van der Waals surface area contributed by atoms with Crippen molar-refractivity contribution in [3.8, 4) is 11.5 Å². The number of nitrogens with two attached hydrogens (primary N) is 1. The van der Waals surface area contributed by atoms with Gasteiger partial charge in [0.05, 0.1) is 19.8 Å². The molecule has 0 aliphatic carbocycles. The highest BCUT2D eigenvalue weighted by atomic mass is 16.5. The van der Waals surface area contributed by atoms with E-state index in [1.807, 2.05) is 24.3 Å². The summed E-state index contributed by atoms with van der Waals surface area (Å²) >= 11 is 0. The lowest BCUT2D eigenvalue weighted by atomic mass is 10.2. The molecule has 0 aromatic heterocycles. The van der Waals surface area contributed by atoms with E-state index in [-0.39, 0.29) is 5.97 Å². The number of carbonyl (C=O) groups excluding carboxylic acids is 1. The number of ether oxygens (including phenoxy) is 3. The molecular formula is C15H23NO4. The van der Waals surface area contributed by atoms with E-state index in [9.17, 15) is 4.79 Å². The molecule has 5 heteroatoms. The Morgan fingerprint density at radius 1 is 1.10 bits per heavy atom. The van der Waals surface area contributed by atoms with E-state index < -0.39 is 6.04 Å². The van der Waals surface area contributed by atoms with Crippen LogP contribution in [0.1, 0.15) is 26.7 Å². The Kier molecular flexibility index (Phi) is 7.50. The monoisotopic (exact) mass is 281 g/mol. The Labute approximate surface area is 120 Å². The van der Waals surface area contributed by atoms with Gasteiger partial charge in [-0.15, -0.1) is 0 Å². The number of esters is 1. The van der Waals surface area contributed by atoms with Gasteiger partial charge >= 0.3 is 5.97 Å². The molecule has 0 fully saturated rings. The molecule has 0 bridgehead atoms. The van der Waals surface area contributed by atoms with E-state index in [0.29, 0.717) is 26.2 Å². The van der Waals surface area contributed by atoms with Crippen molar-refractivity contribution in [2.75, 3.05) is 19.8 Å². The average molecular weight is 281 g/mol. The first-order chi connectivity index (χ1) is 9.67. The molecular weight excluding hydrogens is 258 g/mol. The summed E-state index contributed by atoms with van der Waals surface area (Å²) in [6, 6.07) is 6.75. The highest BCUT2D eigenvalue weighted by Gasteiger charge is 2.14. The molecule has 5 nitrogen and oxygen atoms in total. The van der Waals surface area contributed by atoms with Gasteiger partial charge in [-0.05, 0) is 37.6 Å². The van der Waals surface area contributed by atoms with Crippen LogP contribution in [0.4, 0.5) is 0 Å². The van der Waals surface area contributed by atoms with Gasteiger partial charge in [0.2, 0.25) is 0 Å². The van der Waals surface area contributed by atoms with Crippen LogP contribution in [-0.4, -0.2) is 31.8 Å². The van der Waals surface area contributed by atoms with Gasteiger partial charge in [-0.2, -0.15) is 0 Å². The molecule has 1 atom stereocenters. The summed E-state index contributed by atoms with van der Waals surface area (Å²) in [6.07, 6.45) is 1.40. The van der Waals surface area contributed by atoms with E-state index in [1.165, 1.54) is 0 Å². The number of hydrogen-bond donors (Lipinski definition) is 1. The minimum absolute atomic E-state index is 0.340. The van der Waals surface area contributed by atoms with Gasteiger partial charge in [-0.25, -0.2) is 0 Å². The molecule has 1 rings (SSSR count). The molecule has 2 N–H and O–H groups in total. The van der Waals surface area contributed by atoms with Crippen molar-refractivity contribution in [1.82, 2.24) is 0 Å². The predicted octanol–water partition coefficient (Wildman–Crippen LogP) is 2.13. The van der Waals surface area contributed by atoms with Crippen LogP contribution in [0, 0.1) is 0 Å². The van der Waals surface area contributed by atoms with Gasteiger partial charge in [0, 0.05) is 6.42 Å². The summed E-state index contributed by atoms with van der Waals surface area (Å²) in [6.45, 7) is 5.23. The van der Waals surface area contributed by atoms with Crippen LogP contribution < -0.4 is 15.2 Å². The van der Waals surface area contributed by atoms with Crippen LogP contribution in [0.25, 0.3) is 0 Å². The minimum atomic E-state index is -0.637. The van der Waals surface area contributed by atoms with Crippen molar-refractivity contribution in [3.05, 3.63) is 24.3 Å². The van der Waals surface area contributed by atoms with Crippen LogP contribution >= 0.6 is 0 Å². The second kappa shape index (κ2) is 9.20. The van der Waals surface area contributed by atoms with E-state index in [4.69, 9.17) is 19.9 Å². The average Bonchev–Trinajstić information content (AvgIpc) is 2.46. The molecule has 0 saturated carbocycles. The van der Waals surface area contributed by atoms with Crippen LogP contribution in [0.3, 0.4) is 0 Å². The lowest BCUT2D eigenvalue weighted by Gasteiger charge is -2.12. The number of rotatable bonds is 9. The summed E-state index contributed by atoms with van der Waals surface area (Å²) in [5, 5.41) is 0.